The molecule has 1 atom stereocenters. The molecule has 1 fully saturated rings. The molecule has 0 saturated carbocycles. The highest BCUT2D eigenvalue weighted by atomic mass is 16.3. The number of carbonyl (C=O) groups excluding carboxylic acids is 1. The molecule has 0 bridgehead atoms. The number of aliphatic hydroxyl groups is 1. The molecule has 1 aliphatic heterocycles. The molecule has 0 aromatic carbocycles. The highest BCUT2D eigenvalue weighted by Gasteiger charge is 2.23. The molecule has 3 rings (SSSR count). The summed E-state index contributed by atoms with van der Waals surface area (Å²) in [4.78, 5) is 35.7. The van der Waals surface area contributed by atoms with Gasteiger partial charge in [0.2, 0.25) is 5.91 Å². The number of carbonyl (C=O) groups is 1. The second-order valence-corrected chi connectivity index (χ2v) is 5.88. The molecule has 0 aliphatic carbocycles. The molecule has 1 unspecified atom stereocenters. The first-order chi connectivity index (χ1) is 10.9. The zero-order chi connectivity index (χ0) is 16.6. The van der Waals surface area contributed by atoms with Crippen molar-refractivity contribution < 1.29 is 9.90 Å². The zero-order valence-corrected chi connectivity index (χ0v) is 13.2. The lowest BCUT2D eigenvalue weighted by atomic mass is 10.3. The Labute approximate surface area is 132 Å². The summed E-state index contributed by atoms with van der Waals surface area (Å²) >= 11 is 0. The van der Waals surface area contributed by atoms with Gasteiger partial charge in [0, 0.05) is 45.7 Å². The molecule has 23 heavy (non-hydrogen) atoms. The van der Waals surface area contributed by atoms with Crippen molar-refractivity contribution in [2.75, 3.05) is 26.2 Å². The van der Waals surface area contributed by atoms with Crippen LogP contribution in [0.1, 0.15) is 18.4 Å². The third-order valence-corrected chi connectivity index (χ3v) is 3.91. The van der Waals surface area contributed by atoms with Crippen LogP contribution < -0.4 is 5.56 Å². The number of aromatic amines is 1. The smallest absolute Gasteiger partial charge is 0.274 e. The van der Waals surface area contributed by atoms with Crippen molar-refractivity contribution in [2.24, 2.45) is 0 Å². The van der Waals surface area contributed by atoms with Gasteiger partial charge in [-0.25, -0.2) is 4.98 Å². The molecule has 0 spiro atoms. The average molecular weight is 320 g/mol. The molecule has 1 aliphatic rings. The van der Waals surface area contributed by atoms with E-state index in [1.165, 1.54) is 17.5 Å². The SMILES string of the molecule is CC(=O)N1CCN(Cc2cc(=O)n3[nH]c(C)nc3n2)CC(O)C1. The summed E-state index contributed by atoms with van der Waals surface area (Å²) in [7, 11) is 0. The van der Waals surface area contributed by atoms with Gasteiger partial charge in [-0.15, -0.1) is 0 Å². The normalized spacial score (nSPS) is 20.0. The Balaban J connectivity index is 1.78. The van der Waals surface area contributed by atoms with Crippen molar-refractivity contribution in [3.63, 3.8) is 0 Å². The number of nitrogens with one attached hydrogen (secondary N) is 1. The van der Waals surface area contributed by atoms with Crippen LogP contribution in [-0.4, -0.2) is 72.7 Å². The maximum absolute atomic E-state index is 12.1. The van der Waals surface area contributed by atoms with Gasteiger partial charge in [-0.2, -0.15) is 9.50 Å². The minimum Gasteiger partial charge on any atom is -0.390 e. The van der Waals surface area contributed by atoms with Crippen LogP contribution in [0.4, 0.5) is 0 Å². The minimum atomic E-state index is -0.612. The van der Waals surface area contributed by atoms with Crippen LogP contribution in [0.3, 0.4) is 0 Å². The highest BCUT2D eigenvalue weighted by molar-refractivity contribution is 5.73. The van der Waals surface area contributed by atoms with E-state index in [-0.39, 0.29) is 11.5 Å². The van der Waals surface area contributed by atoms with E-state index in [1.807, 2.05) is 4.90 Å². The fourth-order valence-electron chi connectivity index (χ4n) is 2.83. The lowest BCUT2D eigenvalue weighted by Gasteiger charge is -2.20. The van der Waals surface area contributed by atoms with Gasteiger partial charge in [-0.1, -0.05) is 0 Å². The lowest BCUT2D eigenvalue weighted by Crippen LogP contribution is -2.36. The molecule has 2 aromatic rings. The number of rotatable bonds is 2. The Morgan fingerprint density at radius 3 is 2.91 bits per heavy atom. The van der Waals surface area contributed by atoms with E-state index in [9.17, 15) is 14.7 Å². The van der Waals surface area contributed by atoms with Gasteiger partial charge in [-0.3, -0.25) is 19.6 Å². The maximum Gasteiger partial charge on any atom is 0.274 e. The van der Waals surface area contributed by atoms with E-state index < -0.39 is 6.10 Å². The lowest BCUT2D eigenvalue weighted by molar-refractivity contribution is -0.129. The van der Waals surface area contributed by atoms with Crippen LogP contribution in [-0.2, 0) is 11.3 Å². The molecule has 0 radical (unpaired) electrons. The Morgan fingerprint density at radius 1 is 1.39 bits per heavy atom. The Morgan fingerprint density at radius 2 is 2.17 bits per heavy atom. The van der Waals surface area contributed by atoms with Crippen molar-refractivity contribution in [2.45, 2.75) is 26.5 Å². The number of H-pyrrole nitrogens is 1. The van der Waals surface area contributed by atoms with Gasteiger partial charge in [0.05, 0.1) is 11.8 Å². The Bertz CT molecular complexity index is 782. The van der Waals surface area contributed by atoms with Crippen LogP contribution in [0.15, 0.2) is 10.9 Å². The van der Waals surface area contributed by atoms with Gasteiger partial charge in [0.25, 0.3) is 11.3 Å². The van der Waals surface area contributed by atoms with Gasteiger partial charge < -0.3 is 10.0 Å². The van der Waals surface area contributed by atoms with Crippen LogP contribution in [0.2, 0.25) is 0 Å². The van der Waals surface area contributed by atoms with E-state index >= 15 is 0 Å². The van der Waals surface area contributed by atoms with Crippen molar-refractivity contribution >= 4 is 11.7 Å². The molecule has 1 amide bonds. The van der Waals surface area contributed by atoms with E-state index in [0.717, 1.165) is 0 Å². The first kappa shape index (κ1) is 15.6. The summed E-state index contributed by atoms with van der Waals surface area (Å²) in [6.45, 7) is 5.63. The molecule has 2 N–H and O–H groups in total. The number of fused-ring (bicyclic) bond motifs is 1. The number of amides is 1. The summed E-state index contributed by atoms with van der Waals surface area (Å²) in [5, 5.41) is 12.9. The minimum absolute atomic E-state index is 0.0457. The fourth-order valence-corrected chi connectivity index (χ4v) is 2.83. The molecule has 3 heterocycles. The van der Waals surface area contributed by atoms with Crippen LogP contribution in [0, 0.1) is 6.92 Å². The van der Waals surface area contributed by atoms with Crippen LogP contribution in [0.25, 0.3) is 5.78 Å². The monoisotopic (exact) mass is 320 g/mol. The number of β-amino-alcohol motifs (C(OH)–C–C–N with tert-alkyl or cyclic N) is 1. The van der Waals surface area contributed by atoms with E-state index in [4.69, 9.17) is 0 Å². The van der Waals surface area contributed by atoms with Crippen molar-refractivity contribution in [1.29, 1.82) is 0 Å². The molecule has 9 heteroatoms. The van der Waals surface area contributed by atoms with Gasteiger partial charge in [0.15, 0.2) is 0 Å². The average Bonchev–Trinajstić information content (AvgIpc) is 2.73. The highest BCUT2D eigenvalue weighted by Crippen LogP contribution is 2.08. The Kier molecular flexibility index (Phi) is 4.14. The first-order valence-corrected chi connectivity index (χ1v) is 7.53. The van der Waals surface area contributed by atoms with Gasteiger partial charge in [-0.05, 0) is 6.92 Å². The van der Waals surface area contributed by atoms with E-state index in [2.05, 4.69) is 15.1 Å². The number of aliphatic hydroxyl groups excluding tert-OH is 1. The van der Waals surface area contributed by atoms with Crippen molar-refractivity contribution in [1.82, 2.24) is 29.4 Å². The second kappa shape index (κ2) is 6.09. The zero-order valence-electron chi connectivity index (χ0n) is 13.2. The summed E-state index contributed by atoms with van der Waals surface area (Å²) < 4.78 is 1.30. The largest absolute Gasteiger partial charge is 0.390 e. The first-order valence-electron chi connectivity index (χ1n) is 7.53. The van der Waals surface area contributed by atoms with E-state index in [0.29, 0.717) is 50.0 Å². The van der Waals surface area contributed by atoms with Crippen molar-refractivity contribution in [3.8, 4) is 0 Å². The molecular formula is C14H20N6O3. The number of hydrogen-bond acceptors (Lipinski definition) is 6. The fraction of sp³-hybridized carbons (Fsp3) is 0.571. The molecule has 124 valence electrons. The van der Waals surface area contributed by atoms with Gasteiger partial charge >= 0.3 is 0 Å². The predicted octanol–water partition coefficient (Wildman–Crippen LogP) is -1.25. The second-order valence-electron chi connectivity index (χ2n) is 5.88. The third-order valence-electron chi connectivity index (χ3n) is 3.91. The van der Waals surface area contributed by atoms with Crippen LogP contribution >= 0.6 is 0 Å². The summed E-state index contributed by atoms with van der Waals surface area (Å²) in [6.07, 6.45) is -0.612. The van der Waals surface area contributed by atoms with Crippen molar-refractivity contribution in [3.05, 3.63) is 27.9 Å². The predicted molar refractivity (Wildman–Crippen MR) is 81.9 cm³/mol. The van der Waals surface area contributed by atoms with Crippen LogP contribution in [0.5, 0.6) is 0 Å². The summed E-state index contributed by atoms with van der Waals surface area (Å²) in [5.41, 5.74) is 0.385. The molecule has 9 nitrogen and oxygen atoms in total. The Hall–Kier alpha value is -2.26. The maximum atomic E-state index is 12.1. The summed E-state index contributed by atoms with van der Waals surface area (Å²) in [6, 6.07) is 1.46. The summed E-state index contributed by atoms with van der Waals surface area (Å²) in [5.74, 6) is 0.912. The standard InChI is InChI=1S/C14H20N6O3/c1-9-15-14-16-11(5-13(23)20(14)17-9)6-18-3-4-19(10(2)21)8-12(22)7-18/h5,12,22H,3-4,6-8H2,1-2H3,(H,15,16,17). The number of nitrogens with zero attached hydrogens (tertiary/aromatic N) is 5. The van der Waals surface area contributed by atoms with E-state index in [1.54, 1.807) is 11.8 Å². The third kappa shape index (κ3) is 3.40. The number of aromatic nitrogens is 4. The topological polar surface area (TPSA) is 107 Å². The molecule has 1 saturated heterocycles. The number of aryl methyl sites for hydroxylation is 1. The quantitative estimate of drug-likeness (QED) is 0.716. The molecule has 2 aromatic heterocycles. The molecular weight excluding hydrogens is 300 g/mol. The van der Waals surface area contributed by atoms with Gasteiger partial charge in [0.1, 0.15) is 5.82 Å². The number of hydrogen-bond donors (Lipinski definition) is 2.